The first-order chi connectivity index (χ1) is 10.1. The molecule has 21 heavy (non-hydrogen) atoms. The van der Waals surface area contributed by atoms with Crippen molar-refractivity contribution in [2.24, 2.45) is 5.73 Å². The summed E-state index contributed by atoms with van der Waals surface area (Å²) < 4.78 is 0. The van der Waals surface area contributed by atoms with Gasteiger partial charge in [-0.15, -0.1) is 0 Å². The Kier molecular flexibility index (Phi) is 5.62. The molecule has 4 nitrogen and oxygen atoms in total. The number of nitrogens with one attached hydrogen (secondary N) is 1. The van der Waals surface area contributed by atoms with Crippen LogP contribution in [0.3, 0.4) is 0 Å². The van der Waals surface area contributed by atoms with Crippen LogP contribution in [0.5, 0.6) is 0 Å². The predicted octanol–water partition coefficient (Wildman–Crippen LogP) is 2.34. The van der Waals surface area contributed by atoms with Crippen LogP contribution in [0.2, 0.25) is 0 Å². The van der Waals surface area contributed by atoms with Crippen molar-refractivity contribution >= 4 is 11.6 Å². The quantitative estimate of drug-likeness (QED) is 0.790. The predicted molar refractivity (Wildman–Crippen MR) is 87.4 cm³/mol. The number of rotatable bonds is 6. The molecule has 2 rings (SSSR count). The number of hydrogen-bond donors (Lipinski definition) is 2. The molecular formula is C17H27N3O. The van der Waals surface area contributed by atoms with E-state index in [4.69, 9.17) is 5.73 Å². The lowest BCUT2D eigenvalue weighted by Gasteiger charge is -2.36. The highest BCUT2D eigenvalue weighted by Gasteiger charge is 2.27. The minimum atomic E-state index is -0.206. The third-order valence-corrected chi connectivity index (χ3v) is 4.16. The van der Waals surface area contributed by atoms with Crippen LogP contribution in [-0.4, -0.2) is 25.0 Å². The number of nitrogens with zero attached hydrogens (tertiary/aromatic N) is 1. The maximum Gasteiger partial charge on any atom is 0.240 e. The zero-order valence-corrected chi connectivity index (χ0v) is 13.2. The van der Waals surface area contributed by atoms with E-state index in [1.54, 1.807) is 0 Å². The first-order valence-corrected chi connectivity index (χ1v) is 7.99. The molecule has 4 heteroatoms. The summed E-state index contributed by atoms with van der Waals surface area (Å²) >= 11 is 0. The molecule has 1 atom stereocenters. The van der Waals surface area contributed by atoms with Gasteiger partial charge in [-0.1, -0.05) is 19.1 Å². The van der Waals surface area contributed by atoms with E-state index in [2.05, 4.69) is 42.3 Å². The van der Waals surface area contributed by atoms with Gasteiger partial charge in [0.2, 0.25) is 5.91 Å². The summed E-state index contributed by atoms with van der Waals surface area (Å²) in [4.78, 5) is 13.8. The maximum absolute atomic E-state index is 11.7. The van der Waals surface area contributed by atoms with Gasteiger partial charge < -0.3 is 16.0 Å². The molecule has 0 saturated carbocycles. The lowest BCUT2D eigenvalue weighted by molar-refractivity contribution is -0.119. The van der Waals surface area contributed by atoms with Gasteiger partial charge in [-0.25, -0.2) is 0 Å². The molecule has 0 bridgehead atoms. The number of nitrogens with two attached hydrogens (primary N) is 1. The van der Waals surface area contributed by atoms with E-state index in [0.29, 0.717) is 0 Å². The Bertz CT molecular complexity index is 487. The summed E-state index contributed by atoms with van der Waals surface area (Å²) in [6.45, 7) is 7.14. The van der Waals surface area contributed by atoms with E-state index < -0.39 is 0 Å². The van der Waals surface area contributed by atoms with Crippen LogP contribution in [0.25, 0.3) is 0 Å². The van der Waals surface area contributed by atoms with Crippen molar-refractivity contribution in [3.05, 3.63) is 29.3 Å². The van der Waals surface area contributed by atoms with Crippen molar-refractivity contribution < 1.29 is 4.79 Å². The summed E-state index contributed by atoms with van der Waals surface area (Å²) in [5.41, 5.74) is 9.23. The van der Waals surface area contributed by atoms with Gasteiger partial charge in [-0.2, -0.15) is 0 Å². The summed E-state index contributed by atoms with van der Waals surface area (Å²) in [7, 11) is 0. The fourth-order valence-corrected chi connectivity index (χ4v) is 3.07. The first-order valence-electron chi connectivity index (χ1n) is 7.99. The van der Waals surface area contributed by atoms with E-state index >= 15 is 0 Å². The fraction of sp³-hybridized carbons (Fsp3) is 0.588. The molecule has 1 heterocycles. The third kappa shape index (κ3) is 3.97. The number of anilines is 1. The molecule has 1 aromatic rings. The number of benzene rings is 1. The average Bonchev–Trinajstić information content (AvgIpc) is 2.48. The van der Waals surface area contributed by atoms with Crippen molar-refractivity contribution in [2.45, 2.75) is 52.1 Å². The molecule has 1 fully saturated rings. The second-order valence-corrected chi connectivity index (χ2v) is 5.90. The van der Waals surface area contributed by atoms with Gasteiger partial charge in [0.25, 0.3) is 0 Å². The van der Waals surface area contributed by atoms with E-state index in [1.165, 1.54) is 11.1 Å². The Hall–Kier alpha value is -1.55. The highest BCUT2D eigenvalue weighted by Crippen LogP contribution is 2.28. The fourth-order valence-electron chi connectivity index (χ4n) is 3.07. The largest absolute Gasteiger partial charge is 0.368 e. The van der Waals surface area contributed by atoms with Crippen molar-refractivity contribution in [1.82, 2.24) is 5.32 Å². The lowest BCUT2D eigenvalue weighted by atomic mass is 9.99. The molecule has 1 aromatic carbocycles. The molecule has 1 amide bonds. The van der Waals surface area contributed by atoms with Crippen LogP contribution in [0, 0.1) is 6.92 Å². The minimum Gasteiger partial charge on any atom is -0.368 e. The Morgan fingerprint density at radius 2 is 2.24 bits per heavy atom. The molecule has 0 aromatic heterocycles. The third-order valence-electron chi connectivity index (χ3n) is 4.16. The zero-order valence-electron chi connectivity index (χ0n) is 13.2. The van der Waals surface area contributed by atoms with Crippen LogP contribution < -0.4 is 16.0 Å². The molecule has 0 aliphatic carbocycles. The SMILES string of the molecule is CCCNCc1ccc(N2CCCCC2C(N)=O)c(C)c1. The molecule has 1 aliphatic rings. The summed E-state index contributed by atoms with van der Waals surface area (Å²) in [5.74, 6) is -0.206. The smallest absolute Gasteiger partial charge is 0.240 e. The van der Waals surface area contributed by atoms with Crippen molar-refractivity contribution in [2.75, 3.05) is 18.0 Å². The molecule has 1 aliphatic heterocycles. The van der Waals surface area contributed by atoms with E-state index in [0.717, 1.165) is 51.0 Å². The van der Waals surface area contributed by atoms with E-state index in [-0.39, 0.29) is 11.9 Å². The number of amides is 1. The second kappa shape index (κ2) is 7.46. The standard InChI is InChI=1S/C17H27N3O/c1-3-9-19-12-14-7-8-15(13(2)11-14)20-10-5-4-6-16(20)17(18)21/h7-8,11,16,19H,3-6,9-10,12H2,1-2H3,(H2,18,21). The first kappa shape index (κ1) is 15.8. The summed E-state index contributed by atoms with van der Waals surface area (Å²) in [6.07, 6.45) is 4.23. The normalized spacial score (nSPS) is 18.8. The molecule has 1 saturated heterocycles. The number of hydrogen-bond acceptors (Lipinski definition) is 3. The summed E-state index contributed by atoms with van der Waals surface area (Å²) in [5, 5.41) is 3.42. The maximum atomic E-state index is 11.7. The van der Waals surface area contributed by atoms with E-state index in [1.807, 2.05) is 0 Å². The average molecular weight is 289 g/mol. The number of carbonyl (C=O) groups is 1. The zero-order chi connectivity index (χ0) is 15.2. The van der Waals surface area contributed by atoms with Gasteiger partial charge >= 0.3 is 0 Å². The Balaban J connectivity index is 2.13. The number of aryl methyl sites for hydroxylation is 1. The lowest BCUT2D eigenvalue weighted by Crippen LogP contribution is -2.48. The van der Waals surface area contributed by atoms with Gasteiger partial charge in [-0.3, -0.25) is 4.79 Å². The van der Waals surface area contributed by atoms with Crippen molar-refractivity contribution in [1.29, 1.82) is 0 Å². The van der Waals surface area contributed by atoms with Crippen LogP contribution in [-0.2, 0) is 11.3 Å². The minimum absolute atomic E-state index is 0.151. The summed E-state index contributed by atoms with van der Waals surface area (Å²) in [6, 6.07) is 6.35. The molecule has 0 radical (unpaired) electrons. The molecular weight excluding hydrogens is 262 g/mol. The number of primary amides is 1. The Morgan fingerprint density at radius 3 is 2.90 bits per heavy atom. The number of piperidine rings is 1. The monoisotopic (exact) mass is 289 g/mol. The van der Waals surface area contributed by atoms with Gasteiger partial charge in [-0.05, 0) is 56.3 Å². The van der Waals surface area contributed by atoms with Gasteiger partial charge in [0.1, 0.15) is 6.04 Å². The molecule has 0 spiro atoms. The van der Waals surface area contributed by atoms with Crippen molar-refractivity contribution in [3.8, 4) is 0 Å². The molecule has 1 unspecified atom stereocenters. The van der Waals surface area contributed by atoms with E-state index in [9.17, 15) is 4.79 Å². The Labute approximate surface area is 127 Å². The molecule has 116 valence electrons. The van der Waals surface area contributed by atoms with Crippen LogP contribution in [0.1, 0.15) is 43.7 Å². The Morgan fingerprint density at radius 1 is 1.43 bits per heavy atom. The van der Waals surface area contributed by atoms with Gasteiger partial charge in [0.15, 0.2) is 0 Å². The van der Waals surface area contributed by atoms with Gasteiger partial charge in [0.05, 0.1) is 0 Å². The van der Waals surface area contributed by atoms with Gasteiger partial charge in [0, 0.05) is 18.8 Å². The highest BCUT2D eigenvalue weighted by molar-refractivity contribution is 5.84. The van der Waals surface area contributed by atoms with Crippen LogP contribution >= 0.6 is 0 Å². The van der Waals surface area contributed by atoms with Crippen molar-refractivity contribution in [3.63, 3.8) is 0 Å². The second-order valence-electron chi connectivity index (χ2n) is 5.90. The molecule has 3 N–H and O–H groups in total. The van der Waals surface area contributed by atoms with Crippen LogP contribution in [0.4, 0.5) is 5.69 Å². The van der Waals surface area contributed by atoms with Crippen LogP contribution in [0.15, 0.2) is 18.2 Å². The topological polar surface area (TPSA) is 58.4 Å². The number of carbonyl (C=O) groups excluding carboxylic acids is 1. The highest BCUT2D eigenvalue weighted by atomic mass is 16.1.